The van der Waals surface area contributed by atoms with Crippen molar-refractivity contribution in [2.24, 2.45) is 11.8 Å². The highest BCUT2D eigenvalue weighted by Crippen LogP contribution is 2.23. The first-order valence-corrected chi connectivity index (χ1v) is 7.65. The topological polar surface area (TPSA) is 50.8 Å². The second kappa shape index (κ2) is 10.1. The summed E-state index contributed by atoms with van der Waals surface area (Å²) >= 11 is 0. The van der Waals surface area contributed by atoms with Crippen molar-refractivity contribution in [2.45, 2.75) is 26.2 Å². The molecule has 0 aliphatic carbocycles. The van der Waals surface area contributed by atoms with Gasteiger partial charge in [0.1, 0.15) is 0 Å². The van der Waals surface area contributed by atoms with Gasteiger partial charge in [-0.05, 0) is 37.8 Å². The van der Waals surface area contributed by atoms with Crippen molar-refractivity contribution in [3.8, 4) is 0 Å². The van der Waals surface area contributed by atoms with Crippen LogP contribution in [0.4, 0.5) is 0 Å². The average Bonchev–Trinajstić information content (AvgIpc) is 2.48. The molecule has 2 unspecified atom stereocenters. The highest BCUT2D eigenvalue weighted by Gasteiger charge is 2.24. The normalized spacial score (nSPS) is 20.6. The molecule has 5 nitrogen and oxygen atoms in total. The molecule has 1 saturated heterocycles. The van der Waals surface area contributed by atoms with Gasteiger partial charge in [-0.2, -0.15) is 0 Å². The van der Waals surface area contributed by atoms with Crippen molar-refractivity contribution < 1.29 is 14.3 Å². The predicted molar refractivity (Wildman–Crippen MR) is 79.7 cm³/mol. The molecule has 5 heteroatoms. The molecule has 20 heavy (non-hydrogen) atoms. The van der Waals surface area contributed by atoms with Crippen LogP contribution in [0.5, 0.6) is 0 Å². The van der Waals surface area contributed by atoms with Gasteiger partial charge in [-0.3, -0.25) is 4.79 Å². The average molecular weight is 286 g/mol. The van der Waals surface area contributed by atoms with E-state index in [1.165, 1.54) is 12.8 Å². The Hall–Kier alpha value is -0.650. The molecule has 0 aromatic rings. The summed E-state index contributed by atoms with van der Waals surface area (Å²) in [5, 5.41) is 3.42. The first-order valence-electron chi connectivity index (χ1n) is 7.65. The third-order valence-electron chi connectivity index (χ3n) is 4.12. The monoisotopic (exact) mass is 286 g/mol. The van der Waals surface area contributed by atoms with Crippen LogP contribution in [0.3, 0.4) is 0 Å². The van der Waals surface area contributed by atoms with Crippen molar-refractivity contribution in [1.82, 2.24) is 10.2 Å². The van der Waals surface area contributed by atoms with Gasteiger partial charge in [0.15, 0.2) is 0 Å². The van der Waals surface area contributed by atoms with Gasteiger partial charge in [-0.25, -0.2) is 0 Å². The van der Waals surface area contributed by atoms with Gasteiger partial charge in [0.2, 0.25) is 5.91 Å². The number of rotatable bonds is 9. The number of nitrogens with zero attached hydrogens (tertiary/aromatic N) is 1. The molecule has 0 radical (unpaired) electrons. The fourth-order valence-electron chi connectivity index (χ4n) is 2.70. The van der Waals surface area contributed by atoms with Crippen LogP contribution in [-0.4, -0.2) is 64.4 Å². The molecule has 0 aromatic carbocycles. The molecule has 0 bridgehead atoms. The zero-order chi connectivity index (χ0) is 14.8. The van der Waals surface area contributed by atoms with E-state index in [-0.39, 0.29) is 5.91 Å². The van der Waals surface area contributed by atoms with Crippen molar-refractivity contribution in [1.29, 1.82) is 0 Å². The Bertz CT molecular complexity index is 260. The number of nitrogens with one attached hydrogen (secondary N) is 1. The van der Waals surface area contributed by atoms with Crippen molar-refractivity contribution in [3.63, 3.8) is 0 Å². The van der Waals surface area contributed by atoms with Crippen LogP contribution in [0.2, 0.25) is 0 Å². The molecule has 1 rings (SSSR count). The second-order valence-corrected chi connectivity index (χ2v) is 5.65. The van der Waals surface area contributed by atoms with Crippen LogP contribution in [0, 0.1) is 11.8 Å². The van der Waals surface area contributed by atoms with E-state index in [4.69, 9.17) is 9.47 Å². The zero-order valence-corrected chi connectivity index (χ0v) is 13.2. The van der Waals surface area contributed by atoms with E-state index in [2.05, 4.69) is 12.2 Å². The maximum Gasteiger partial charge on any atom is 0.223 e. The quantitative estimate of drug-likeness (QED) is 0.690. The molecular weight excluding hydrogens is 256 g/mol. The summed E-state index contributed by atoms with van der Waals surface area (Å²) in [6.07, 6.45) is 3.08. The third kappa shape index (κ3) is 6.20. The molecule has 0 saturated carbocycles. The van der Waals surface area contributed by atoms with Crippen LogP contribution >= 0.6 is 0 Å². The number of ether oxygens (including phenoxy) is 2. The van der Waals surface area contributed by atoms with Crippen molar-refractivity contribution in [2.75, 3.05) is 53.6 Å². The van der Waals surface area contributed by atoms with E-state index >= 15 is 0 Å². The van der Waals surface area contributed by atoms with Crippen LogP contribution in [0.1, 0.15) is 26.2 Å². The number of amides is 1. The summed E-state index contributed by atoms with van der Waals surface area (Å²) in [7, 11) is 3.32. The van der Waals surface area contributed by atoms with Crippen LogP contribution in [0.15, 0.2) is 0 Å². The number of carbonyl (C=O) groups is 1. The van der Waals surface area contributed by atoms with Gasteiger partial charge in [0.05, 0.1) is 13.2 Å². The van der Waals surface area contributed by atoms with E-state index < -0.39 is 0 Å². The smallest absolute Gasteiger partial charge is 0.223 e. The lowest BCUT2D eigenvalue weighted by atomic mass is 9.85. The highest BCUT2D eigenvalue weighted by molar-refractivity contribution is 5.76. The number of carbonyl (C=O) groups excluding carboxylic acids is 1. The summed E-state index contributed by atoms with van der Waals surface area (Å²) in [5.74, 6) is 1.28. The van der Waals surface area contributed by atoms with Gasteiger partial charge in [-0.15, -0.1) is 0 Å². The van der Waals surface area contributed by atoms with E-state index in [1.54, 1.807) is 14.2 Å². The van der Waals surface area contributed by atoms with Gasteiger partial charge >= 0.3 is 0 Å². The van der Waals surface area contributed by atoms with E-state index in [9.17, 15) is 4.79 Å². The molecule has 118 valence electrons. The van der Waals surface area contributed by atoms with Crippen LogP contribution in [0.25, 0.3) is 0 Å². The maximum atomic E-state index is 12.4. The Morgan fingerprint density at radius 3 is 2.45 bits per heavy atom. The fraction of sp³-hybridized carbons (Fsp3) is 0.933. The molecule has 0 spiro atoms. The van der Waals surface area contributed by atoms with Gasteiger partial charge < -0.3 is 19.7 Å². The largest absolute Gasteiger partial charge is 0.383 e. The zero-order valence-electron chi connectivity index (χ0n) is 13.2. The fourth-order valence-corrected chi connectivity index (χ4v) is 2.70. The Morgan fingerprint density at radius 2 is 1.95 bits per heavy atom. The second-order valence-electron chi connectivity index (χ2n) is 5.65. The molecule has 1 N–H and O–H groups in total. The molecule has 0 aromatic heterocycles. The lowest BCUT2D eigenvalue weighted by Gasteiger charge is -2.30. The maximum absolute atomic E-state index is 12.4. The summed E-state index contributed by atoms with van der Waals surface area (Å²) < 4.78 is 10.2. The number of hydrogen-bond donors (Lipinski definition) is 1. The van der Waals surface area contributed by atoms with E-state index in [1.807, 2.05) is 4.90 Å². The van der Waals surface area contributed by atoms with Crippen molar-refractivity contribution >= 4 is 5.91 Å². The van der Waals surface area contributed by atoms with Crippen molar-refractivity contribution in [3.05, 3.63) is 0 Å². The molecule has 1 amide bonds. The van der Waals surface area contributed by atoms with Gasteiger partial charge in [0, 0.05) is 33.7 Å². The SMILES string of the molecule is COCCN(CCOC)C(=O)CC(C)C1CCCNC1. The number of piperidine rings is 1. The van der Waals surface area contributed by atoms with E-state index in [0.29, 0.717) is 44.6 Å². The number of methoxy groups -OCH3 is 2. The molecule has 1 aliphatic heterocycles. The Morgan fingerprint density at radius 1 is 1.30 bits per heavy atom. The standard InChI is InChI=1S/C15H30N2O3/c1-13(14-5-4-6-16-12-14)11-15(18)17(7-9-19-2)8-10-20-3/h13-14,16H,4-12H2,1-3H3. The molecule has 1 heterocycles. The minimum absolute atomic E-state index is 0.220. The predicted octanol–water partition coefficient (Wildman–Crippen LogP) is 1.13. The minimum atomic E-state index is 0.220. The Kier molecular flexibility index (Phi) is 8.82. The first-order chi connectivity index (χ1) is 9.69. The molecular formula is C15H30N2O3. The van der Waals surface area contributed by atoms with Gasteiger partial charge in [0.25, 0.3) is 0 Å². The molecule has 1 aliphatic rings. The van der Waals surface area contributed by atoms with E-state index in [0.717, 1.165) is 13.1 Å². The third-order valence-corrected chi connectivity index (χ3v) is 4.12. The van der Waals surface area contributed by atoms with Crippen LogP contribution in [-0.2, 0) is 14.3 Å². The molecule has 1 fully saturated rings. The first kappa shape index (κ1) is 17.4. The lowest BCUT2D eigenvalue weighted by Crippen LogP contribution is -2.39. The highest BCUT2D eigenvalue weighted by atomic mass is 16.5. The number of hydrogen-bond acceptors (Lipinski definition) is 4. The Labute approximate surface area is 123 Å². The molecule has 2 atom stereocenters. The minimum Gasteiger partial charge on any atom is -0.383 e. The summed E-state index contributed by atoms with van der Waals surface area (Å²) in [4.78, 5) is 14.3. The Balaban J connectivity index is 2.41. The summed E-state index contributed by atoms with van der Waals surface area (Å²) in [5.41, 5.74) is 0. The summed E-state index contributed by atoms with van der Waals surface area (Å²) in [6, 6.07) is 0. The lowest BCUT2D eigenvalue weighted by molar-refractivity contribution is -0.133. The van der Waals surface area contributed by atoms with Crippen LogP contribution < -0.4 is 5.32 Å². The van der Waals surface area contributed by atoms with Gasteiger partial charge in [-0.1, -0.05) is 6.92 Å². The summed E-state index contributed by atoms with van der Waals surface area (Å²) in [6.45, 7) is 6.81.